The Balaban J connectivity index is 0.000000196. The smallest absolute Gasteiger partial charge is 0.254 e. The summed E-state index contributed by atoms with van der Waals surface area (Å²) < 4.78 is 0. The number of benzene rings is 6. The van der Waals surface area contributed by atoms with E-state index in [9.17, 15) is 29.7 Å². The zero-order chi connectivity index (χ0) is 56.1. The molecule has 12 rings (SSSR count). The number of aryl methyl sites for hydroxylation is 1. The molecule has 3 unspecified atom stereocenters. The van der Waals surface area contributed by atoms with Gasteiger partial charge >= 0.3 is 0 Å². The Morgan fingerprint density at radius 1 is 0.469 bits per heavy atom. The first-order valence-electron chi connectivity index (χ1n) is 28.7. The van der Waals surface area contributed by atoms with Crippen LogP contribution in [0.2, 0.25) is 0 Å². The molecule has 81 heavy (non-hydrogen) atoms. The van der Waals surface area contributed by atoms with Crippen molar-refractivity contribution in [1.29, 1.82) is 0 Å². The molecule has 0 saturated heterocycles. The lowest BCUT2D eigenvalue weighted by atomic mass is 9.94. The molecular weight excluding hydrogens is 1010 g/mol. The molecule has 3 aromatic heterocycles. The van der Waals surface area contributed by atoms with Gasteiger partial charge in [-0.05, 0) is 141 Å². The number of phenolic OH excluding ortho intramolecular Hbond substituents is 3. The van der Waals surface area contributed by atoms with E-state index in [-0.39, 0.29) is 53.1 Å². The highest BCUT2D eigenvalue weighted by molar-refractivity contribution is 6.03. The van der Waals surface area contributed by atoms with E-state index in [0.717, 1.165) is 154 Å². The summed E-state index contributed by atoms with van der Waals surface area (Å²) in [5.74, 6) is 0.355. The summed E-state index contributed by atoms with van der Waals surface area (Å²) in [5, 5.41) is 44.2. The highest BCUT2D eigenvalue weighted by Crippen LogP contribution is 2.45. The molecule has 3 aliphatic heterocycles. The average molecular weight is 1090 g/mol. The number of para-hydroxylation sites is 3. The van der Waals surface area contributed by atoms with Crippen molar-refractivity contribution in [3.05, 3.63) is 195 Å². The summed E-state index contributed by atoms with van der Waals surface area (Å²) in [5.41, 5.74) is 19.7. The van der Waals surface area contributed by atoms with Gasteiger partial charge in [-0.1, -0.05) is 93.1 Å². The molecule has 0 fully saturated rings. The number of nitrogens with one attached hydrogen (secondary N) is 6. The third kappa shape index (κ3) is 11.0. The summed E-state index contributed by atoms with van der Waals surface area (Å²) in [6, 6.07) is 38.9. The number of phenols is 3. The van der Waals surface area contributed by atoms with Gasteiger partial charge in [-0.3, -0.25) is 14.4 Å². The Morgan fingerprint density at radius 2 is 0.877 bits per heavy atom. The third-order valence-corrected chi connectivity index (χ3v) is 16.7. The molecule has 3 amide bonds. The first kappa shape index (κ1) is 54.6. The van der Waals surface area contributed by atoms with Crippen molar-refractivity contribution >= 4 is 50.4 Å². The summed E-state index contributed by atoms with van der Waals surface area (Å²) in [6.07, 6.45) is 12.2. The van der Waals surface area contributed by atoms with Crippen LogP contribution >= 0.6 is 0 Å². The quantitative estimate of drug-likeness (QED) is 0.0291. The van der Waals surface area contributed by atoms with Crippen LogP contribution in [0.1, 0.15) is 164 Å². The summed E-state index contributed by atoms with van der Waals surface area (Å²) >= 11 is 0. The van der Waals surface area contributed by atoms with E-state index in [0.29, 0.717) is 29.8 Å². The molecule has 6 heterocycles. The normalized spacial score (nSPS) is 16.4. The number of hydrogen-bond donors (Lipinski definition) is 10. The molecule has 0 aliphatic carbocycles. The molecule has 3 aliphatic rings. The molecule has 9 aromatic rings. The van der Waals surface area contributed by atoms with E-state index in [1.54, 1.807) is 64.4 Å². The van der Waals surface area contributed by atoms with Crippen LogP contribution in [0.25, 0.3) is 32.7 Å². The number of unbranched alkanes of at least 4 members (excludes halogenated alkanes) is 8. The SMILES string of the molecule is CN1C(=O)c2ccc(O)cc2C1c1c(CNCCCCCCCCc2[nH]c3ccccc3c2C2NC(=O)c3ccc(O)cc32)[nH]c2ccccc12.CN1C(=O)c2ccc(O)cc2C1c1c(CNCCCCCCN)[nH]c2ccccc12. The Bertz CT molecular complexity index is 3760. The molecule has 6 aromatic carbocycles. The van der Waals surface area contributed by atoms with Gasteiger partial charge in [0.25, 0.3) is 17.7 Å². The minimum Gasteiger partial charge on any atom is -0.508 e. The Morgan fingerprint density at radius 3 is 1.37 bits per heavy atom. The lowest BCUT2D eigenvalue weighted by molar-refractivity contribution is 0.0786. The Labute approximate surface area is 472 Å². The molecule has 15 heteroatoms. The fourth-order valence-corrected chi connectivity index (χ4v) is 12.7. The van der Waals surface area contributed by atoms with Crippen LogP contribution < -0.4 is 21.7 Å². The summed E-state index contributed by atoms with van der Waals surface area (Å²) in [6.45, 7) is 3.96. The van der Waals surface area contributed by atoms with Gasteiger partial charge in [0.1, 0.15) is 17.2 Å². The largest absolute Gasteiger partial charge is 0.508 e. The number of aromatic amines is 3. The number of nitrogens with two attached hydrogens (primary N) is 1. The van der Waals surface area contributed by atoms with Gasteiger partial charge in [0.05, 0.1) is 18.1 Å². The number of rotatable bonds is 22. The number of hydrogen-bond acceptors (Lipinski definition) is 9. The van der Waals surface area contributed by atoms with Gasteiger partial charge in [0.2, 0.25) is 0 Å². The Hall–Kier alpha value is -8.37. The highest BCUT2D eigenvalue weighted by atomic mass is 16.3. The standard InChI is InChI=1S/C42H43N5O4.C24H30N4O2/c1-47-40(32-23-26(49)18-20-28(32)42(47)51)38-30-13-8-10-15-34(30)45-36(38)24-43-21-11-5-3-2-4-6-16-35-37(29-12-7-9-14-33(29)44-35)39-31-22-25(48)17-19-27(31)41(50)46-39;1-28-23(19-14-16(29)10-11-17(19)24(28)30)22-18-8-4-5-9-20(18)27-21(22)15-26-13-7-3-2-6-12-25/h7-10,12-15,17-20,22-23,39-40,43-45,48-49H,2-6,11,16,21,24H2,1H3,(H,46,50);4-5,8-11,14,23,26-27,29H,2-3,6-7,12-13,15,25H2,1H3. The minimum absolute atomic E-state index is 0.0147. The second kappa shape index (κ2) is 24.2. The number of nitrogens with zero attached hydrogens (tertiary/aromatic N) is 2. The van der Waals surface area contributed by atoms with Gasteiger partial charge in [0, 0.05) is 110 Å². The lowest BCUT2D eigenvalue weighted by Crippen LogP contribution is -2.25. The lowest BCUT2D eigenvalue weighted by Gasteiger charge is -2.22. The van der Waals surface area contributed by atoms with Crippen LogP contribution in [0.15, 0.2) is 127 Å². The van der Waals surface area contributed by atoms with Gasteiger partial charge in [-0.25, -0.2) is 0 Å². The van der Waals surface area contributed by atoms with Crippen molar-refractivity contribution in [2.45, 2.75) is 102 Å². The molecule has 0 saturated carbocycles. The van der Waals surface area contributed by atoms with Crippen LogP contribution in [-0.4, -0.2) is 91.5 Å². The fourth-order valence-electron chi connectivity index (χ4n) is 12.7. The maximum absolute atomic E-state index is 13.1. The number of carbonyl (C=O) groups excluding carboxylic acids is 3. The van der Waals surface area contributed by atoms with Crippen molar-refractivity contribution in [2.24, 2.45) is 5.73 Å². The van der Waals surface area contributed by atoms with Crippen molar-refractivity contribution < 1.29 is 29.7 Å². The van der Waals surface area contributed by atoms with Crippen LogP contribution in [0.4, 0.5) is 0 Å². The van der Waals surface area contributed by atoms with E-state index < -0.39 is 0 Å². The maximum Gasteiger partial charge on any atom is 0.254 e. The number of H-pyrrole nitrogens is 3. The van der Waals surface area contributed by atoms with E-state index in [1.165, 1.54) is 19.3 Å². The van der Waals surface area contributed by atoms with Gasteiger partial charge in [-0.2, -0.15) is 0 Å². The maximum atomic E-state index is 13.1. The number of amides is 3. The van der Waals surface area contributed by atoms with E-state index in [1.807, 2.05) is 50.5 Å². The molecular formula is C66H73N9O6. The second-order valence-electron chi connectivity index (χ2n) is 22.0. The van der Waals surface area contributed by atoms with Crippen LogP contribution in [0, 0.1) is 0 Å². The minimum atomic E-state index is -0.288. The van der Waals surface area contributed by atoms with E-state index >= 15 is 0 Å². The van der Waals surface area contributed by atoms with Gasteiger partial charge in [0.15, 0.2) is 0 Å². The van der Waals surface area contributed by atoms with Crippen molar-refractivity contribution in [1.82, 2.24) is 40.7 Å². The van der Waals surface area contributed by atoms with E-state index in [2.05, 4.69) is 67.3 Å². The van der Waals surface area contributed by atoms with Crippen molar-refractivity contribution in [3.8, 4) is 17.2 Å². The van der Waals surface area contributed by atoms with Crippen LogP contribution in [-0.2, 0) is 19.5 Å². The fraction of sp³-hybridized carbons (Fsp3) is 0.318. The number of carbonyl (C=O) groups is 3. The predicted molar refractivity (Wildman–Crippen MR) is 319 cm³/mol. The van der Waals surface area contributed by atoms with Crippen molar-refractivity contribution in [3.63, 3.8) is 0 Å². The number of aromatic hydroxyl groups is 3. The zero-order valence-electron chi connectivity index (χ0n) is 46.2. The topological polar surface area (TPSA) is 228 Å². The van der Waals surface area contributed by atoms with E-state index in [4.69, 9.17) is 5.73 Å². The summed E-state index contributed by atoms with van der Waals surface area (Å²) in [4.78, 5) is 53.1. The summed E-state index contributed by atoms with van der Waals surface area (Å²) in [7, 11) is 3.67. The van der Waals surface area contributed by atoms with Crippen LogP contribution in [0.3, 0.4) is 0 Å². The zero-order valence-corrected chi connectivity index (χ0v) is 46.2. The molecule has 0 spiro atoms. The van der Waals surface area contributed by atoms with Gasteiger partial charge < -0.3 is 61.8 Å². The number of aromatic nitrogens is 3. The predicted octanol–water partition coefficient (Wildman–Crippen LogP) is 11.4. The van der Waals surface area contributed by atoms with Gasteiger partial charge in [-0.15, -0.1) is 0 Å². The molecule has 0 bridgehead atoms. The Kier molecular flexibility index (Phi) is 16.3. The first-order valence-corrected chi connectivity index (χ1v) is 28.7. The third-order valence-electron chi connectivity index (χ3n) is 16.7. The molecule has 15 nitrogen and oxygen atoms in total. The average Bonchev–Trinajstić information content (AvgIpc) is 4.47. The molecule has 0 radical (unpaired) electrons. The molecule has 418 valence electrons. The second-order valence-corrected chi connectivity index (χ2v) is 22.0. The van der Waals surface area contributed by atoms with Crippen LogP contribution in [0.5, 0.6) is 17.2 Å². The molecule has 11 N–H and O–H groups in total. The first-order chi connectivity index (χ1) is 39.5. The highest BCUT2D eigenvalue weighted by Gasteiger charge is 2.40. The monoisotopic (exact) mass is 1090 g/mol. The number of fused-ring (bicyclic) bond motifs is 6. The molecule has 3 atom stereocenters. The van der Waals surface area contributed by atoms with Crippen molar-refractivity contribution in [2.75, 3.05) is 33.7 Å².